The van der Waals surface area contributed by atoms with Crippen LogP contribution in [0.4, 0.5) is 21.0 Å². The molecule has 4 aliphatic heterocycles. The standard InChI is InChI=1S/C25H35N5O3.C13H20N4O3.C12H15NO/c1-19-7-8-20(17-22(19)28-10-5-6-11-28)18-27-13-15-29(16-14-27)24(32)30-12-9-21(26-30)23(31)33-25(2,3)4;1-13(2,3)20-11(18)10-4-7-17(15-10)12(19)16-8-5-14-6-9-16;1-10-4-5-11(9-14)8-12(10)13-6-2-3-7-13/h7-9,12,17H,5-6,10-11,13-16,18H2,1-4H3;4,7,14H,5-6,8-9H2,1-3H3;4-5,8-9H,2-3,6-7H2,1H3. The van der Waals surface area contributed by atoms with Crippen LogP contribution in [0.5, 0.6) is 0 Å². The quantitative estimate of drug-likeness (QED) is 0.155. The number of hydrogen-bond acceptors (Lipinski definition) is 13. The first-order valence-corrected chi connectivity index (χ1v) is 23.6. The van der Waals surface area contributed by atoms with Gasteiger partial charge in [-0.2, -0.15) is 19.6 Å². The molecule has 8 rings (SSSR count). The van der Waals surface area contributed by atoms with Gasteiger partial charge in [0.15, 0.2) is 11.4 Å². The highest BCUT2D eigenvalue weighted by Gasteiger charge is 2.27. The van der Waals surface area contributed by atoms with Crippen molar-refractivity contribution in [2.24, 2.45) is 0 Å². The van der Waals surface area contributed by atoms with Crippen molar-refractivity contribution < 1.29 is 33.4 Å². The average molecular weight is 923 g/mol. The fourth-order valence-corrected chi connectivity index (χ4v) is 8.29. The Morgan fingerprint density at radius 1 is 0.597 bits per heavy atom. The molecule has 0 unspecified atom stereocenters. The fraction of sp³-hybridized carbons (Fsp3) is 0.540. The van der Waals surface area contributed by atoms with E-state index in [0.717, 1.165) is 70.8 Å². The summed E-state index contributed by atoms with van der Waals surface area (Å²) >= 11 is 0. The number of nitrogens with zero attached hydrogens (tertiary/aromatic N) is 9. The number of amides is 2. The minimum atomic E-state index is -0.603. The van der Waals surface area contributed by atoms with Crippen LogP contribution < -0.4 is 15.1 Å². The molecule has 362 valence electrons. The summed E-state index contributed by atoms with van der Waals surface area (Å²) in [7, 11) is 0. The van der Waals surface area contributed by atoms with E-state index in [2.05, 4.69) is 62.3 Å². The van der Waals surface area contributed by atoms with Crippen LogP contribution in [0.2, 0.25) is 0 Å². The van der Waals surface area contributed by atoms with Gasteiger partial charge in [-0.1, -0.05) is 24.3 Å². The number of hydrogen-bond donors (Lipinski definition) is 1. The highest BCUT2D eigenvalue weighted by atomic mass is 16.6. The Kier molecular flexibility index (Phi) is 17.0. The van der Waals surface area contributed by atoms with E-state index in [1.165, 1.54) is 87.6 Å². The van der Waals surface area contributed by atoms with Crippen LogP contribution in [0.1, 0.15) is 115 Å². The molecule has 0 bridgehead atoms. The second-order valence-corrected chi connectivity index (χ2v) is 19.5. The summed E-state index contributed by atoms with van der Waals surface area (Å²) in [5, 5.41) is 11.3. The fourth-order valence-electron chi connectivity index (χ4n) is 8.29. The summed E-state index contributed by atoms with van der Waals surface area (Å²) in [4.78, 5) is 70.4. The highest BCUT2D eigenvalue weighted by Crippen LogP contribution is 2.27. The number of rotatable bonds is 7. The molecule has 67 heavy (non-hydrogen) atoms. The lowest BCUT2D eigenvalue weighted by Crippen LogP contribution is -2.49. The van der Waals surface area contributed by atoms with Crippen molar-refractivity contribution >= 4 is 41.7 Å². The number of carbonyl (C=O) groups excluding carboxylic acids is 5. The molecule has 0 spiro atoms. The van der Waals surface area contributed by atoms with Gasteiger partial charge in [0.05, 0.1) is 0 Å². The van der Waals surface area contributed by atoms with Crippen molar-refractivity contribution in [1.82, 2.24) is 39.6 Å². The van der Waals surface area contributed by atoms with Crippen LogP contribution in [0.3, 0.4) is 0 Å². The van der Waals surface area contributed by atoms with Gasteiger partial charge in [0.2, 0.25) is 0 Å². The number of carbonyl (C=O) groups is 5. The minimum Gasteiger partial charge on any atom is -0.455 e. The van der Waals surface area contributed by atoms with Crippen LogP contribution >= 0.6 is 0 Å². The van der Waals surface area contributed by atoms with Crippen molar-refractivity contribution in [3.05, 3.63) is 94.6 Å². The number of ether oxygens (including phenoxy) is 2. The van der Waals surface area contributed by atoms with E-state index in [4.69, 9.17) is 9.47 Å². The largest absolute Gasteiger partial charge is 0.455 e. The van der Waals surface area contributed by atoms with Gasteiger partial charge < -0.3 is 34.4 Å². The van der Waals surface area contributed by atoms with Gasteiger partial charge in [0, 0.05) is 114 Å². The molecule has 4 aromatic rings. The molecule has 4 aliphatic rings. The molecule has 17 nitrogen and oxygen atoms in total. The predicted octanol–water partition coefficient (Wildman–Crippen LogP) is 6.65. The Bertz CT molecular complexity index is 2320. The van der Waals surface area contributed by atoms with Gasteiger partial charge in [-0.3, -0.25) is 9.69 Å². The Labute approximate surface area is 395 Å². The number of benzene rings is 2. The number of aromatic nitrogens is 4. The van der Waals surface area contributed by atoms with E-state index in [9.17, 15) is 24.0 Å². The number of anilines is 2. The lowest BCUT2D eigenvalue weighted by molar-refractivity contribution is 0.00498. The SMILES string of the molecule is CC(C)(C)OC(=O)c1ccn(C(=O)N2CCNCC2)n1.Cc1ccc(C=O)cc1N1CCCC1.Cc1ccc(CN2CCN(C(=O)n3ccc(C(=O)OC(C)(C)C)n3)CC2)cc1N1CCCC1. The van der Waals surface area contributed by atoms with Gasteiger partial charge >= 0.3 is 24.0 Å². The monoisotopic (exact) mass is 923 g/mol. The first-order chi connectivity index (χ1) is 31.9. The Hall–Kier alpha value is -6.07. The zero-order valence-electron chi connectivity index (χ0n) is 40.8. The van der Waals surface area contributed by atoms with Crippen molar-refractivity contribution in [2.75, 3.05) is 88.3 Å². The molecule has 4 saturated heterocycles. The van der Waals surface area contributed by atoms with Gasteiger partial charge in [0.25, 0.3) is 0 Å². The van der Waals surface area contributed by atoms with E-state index in [-0.39, 0.29) is 23.5 Å². The number of aryl methyl sites for hydroxylation is 2. The van der Waals surface area contributed by atoms with Crippen LogP contribution in [0.25, 0.3) is 0 Å². The molecule has 17 heteroatoms. The summed E-state index contributed by atoms with van der Waals surface area (Å²) in [6, 6.07) is 15.3. The second kappa shape index (κ2) is 22.6. The maximum absolute atomic E-state index is 12.9. The normalized spacial score (nSPS) is 16.7. The van der Waals surface area contributed by atoms with E-state index < -0.39 is 23.1 Å². The lowest BCUT2D eigenvalue weighted by Gasteiger charge is -2.34. The van der Waals surface area contributed by atoms with E-state index >= 15 is 0 Å². The maximum atomic E-state index is 12.9. The Morgan fingerprint density at radius 2 is 1.04 bits per heavy atom. The number of aldehydes is 1. The maximum Gasteiger partial charge on any atom is 0.359 e. The Balaban J connectivity index is 0.000000184. The number of piperazine rings is 2. The first kappa shape index (κ1) is 50.3. The van der Waals surface area contributed by atoms with Gasteiger partial charge in [-0.25, -0.2) is 19.2 Å². The molecule has 1 N–H and O–H groups in total. The smallest absolute Gasteiger partial charge is 0.359 e. The summed E-state index contributed by atoms with van der Waals surface area (Å²) in [6.07, 6.45) is 9.02. The van der Waals surface area contributed by atoms with Crippen LogP contribution in [0, 0.1) is 13.8 Å². The summed E-state index contributed by atoms with van der Waals surface area (Å²) < 4.78 is 13.0. The van der Waals surface area contributed by atoms with Crippen molar-refractivity contribution in [3.8, 4) is 0 Å². The molecule has 6 heterocycles. The highest BCUT2D eigenvalue weighted by molar-refractivity contribution is 5.89. The average Bonchev–Trinajstić information content (AvgIpc) is 4.16. The third kappa shape index (κ3) is 14.5. The first-order valence-electron chi connectivity index (χ1n) is 23.6. The van der Waals surface area contributed by atoms with E-state index in [1.54, 1.807) is 51.3 Å². The minimum absolute atomic E-state index is 0.142. The van der Waals surface area contributed by atoms with Gasteiger partial charge in [-0.05, 0) is 122 Å². The summed E-state index contributed by atoms with van der Waals surface area (Å²) in [5.41, 5.74) is 6.38. The van der Waals surface area contributed by atoms with Crippen LogP contribution in [0.15, 0.2) is 60.9 Å². The van der Waals surface area contributed by atoms with Crippen LogP contribution in [-0.4, -0.2) is 154 Å². The zero-order valence-corrected chi connectivity index (χ0v) is 40.8. The summed E-state index contributed by atoms with van der Waals surface area (Å²) in [6.45, 7) is 26.2. The molecular weight excluding hydrogens is 853 g/mol. The molecule has 2 aromatic carbocycles. The zero-order chi connectivity index (χ0) is 48.3. The van der Waals surface area contributed by atoms with Gasteiger partial charge in [-0.15, -0.1) is 0 Å². The summed E-state index contributed by atoms with van der Waals surface area (Å²) in [5.74, 6) is -1.05. The Morgan fingerprint density at radius 3 is 1.51 bits per heavy atom. The third-order valence-corrected chi connectivity index (χ3v) is 11.8. The van der Waals surface area contributed by atoms with E-state index in [1.807, 2.05) is 18.2 Å². The second-order valence-electron chi connectivity index (χ2n) is 19.5. The lowest BCUT2D eigenvalue weighted by atomic mass is 10.1. The molecule has 0 atom stereocenters. The molecule has 4 fully saturated rings. The number of nitrogens with one attached hydrogen (secondary N) is 1. The molecule has 0 aliphatic carbocycles. The van der Waals surface area contributed by atoms with Crippen molar-refractivity contribution in [2.45, 2.75) is 98.8 Å². The third-order valence-electron chi connectivity index (χ3n) is 11.8. The number of esters is 2. The molecular formula is C50H70N10O7. The van der Waals surface area contributed by atoms with Gasteiger partial charge in [0.1, 0.15) is 17.5 Å². The molecule has 2 amide bonds. The van der Waals surface area contributed by atoms with Crippen LogP contribution in [-0.2, 0) is 16.0 Å². The molecule has 0 radical (unpaired) electrons. The topological polar surface area (TPSA) is 168 Å². The molecule has 0 saturated carbocycles. The predicted molar refractivity (Wildman–Crippen MR) is 258 cm³/mol. The molecule has 2 aromatic heterocycles. The van der Waals surface area contributed by atoms with E-state index in [0.29, 0.717) is 26.2 Å². The van der Waals surface area contributed by atoms with Crippen molar-refractivity contribution in [1.29, 1.82) is 0 Å². The van der Waals surface area contributed by atoms with Crippen molar-refractivity contribution in [3.63, 3.8) is 0 Å².